The van der Waals surface area contributed by atoms with Gasteiger partial charge in [0.05, 0.1) is 5.60 Å². The molecule has 62 valence electrons. The maximum Gasteiger partial charge on any atom is 0.0592 e. The van der Waals surface area contributed by atoms with E-state index in [9.17, 15) is 5.11 Å². The number of hydrogen-bond acceptors (Lipinski definition) is 2. The summed E-state index contributed by atoms with van der Waals surface area (Å²) in [6, 6.07) is 0.256. The Hall–Kier alpha value is -0.0800. The van der Waals surface area contributed by atoms with Gasteiger partial charge >= 0.3 is 0 Å². The van der Waals surface area contributed by atoms with Crippen molar-refractivity contribution in [3.8, 4) is 0 Å². The fourth-order valence-corrected chi connectivity index (χ4v) is 0.743. The first kappa shape index (κ1) is 9.92. The van der Waals surface area contributed by atoms with Crippen molar-refractivity contribution in [1.29, 1.82) is 0 Å². The molecule has 2 nitrogen and oxygen atoms in total. The lowest BCUT2D eigenvalue weighted by Crippen LogP contribution is -2.25. The van der Waals surface area contributed by atoms with Gasteiger partial charge in [0.2, 0.25) is 0 Å². The summed E-state index contributed by atoms with van der Waals surface area (Å²) in [4.78, 5) is 0. The average Bonchev–Trinajstić information content (AvgIpc) is 1.81. The summed E-state index contributed by atoms with van der Waals surface area (Å²) in [5.41, 5.74) is 5.12. The van der Waals surface area contributed by atoms with E-state index in [1.165, 1.54) is 0 Å². The van der Waals surface area contributed by atoms with Crippen LogP contribution in [-0.4, -0.2) is 16.7 Å². The molecular weight excluding hydrogens is 126 g/mol. The molecule has 0 aromatic carbocycles. The minimum atomic E-state index is -0.549. The van der Waals surface area contributed by atoms with Crippen LogP contribution in [0.25, 0.3) is 0 Å². The molecule has 1 unspecified atom stereocenters. The van der Waals surface area contributed by atoms with E-state index in [0.717, 1.165) is 19.3 Å². The van der Waals surface area contributed by atoms with Crippen molar-refractivity contribution in [2.24, 2.45) is 5.73 Å². The van der Waals surface area contributed by atoms with Crippen molar-refractivity contribution in [2.75, 3.05) is 0 Å². The zero-order valence-electron chi connectivity index (χ0n) is 7.22. The molecule has 0 spiro atoms. The van der Waals surface area contributed by atoms with Gasteiger partial charge in [-0.2, -0.15) is 0 Å². The van der Waals surface area contributed by atoms with E-state index in [4.69, 9.17) is 5.73 Å². The van der Waals surface area contributed by atoms with Crippen LogP contribution in [0, 0.1) is 0 Å². The second kappa shape index (κ2) is 3.94. The molecule has 10 heavy (non-hydrogen) atoms. The van der Waals surface area contributed by atoms with Crippen molar-refractivity contribution in [2.45, 2.75) is 51.7 Å². The lowest BCUT2D eigenvalue weighted by Gasteiger charge is -2.18. The van der Waals surface area contributed by atoms with Gasteiger partial charge in [0.1, 0.15) is 0 Å². The van der Waals surface area contributed by atoms with Crippen LogP contribution < -0.4 is 5.73 Å². The van der Waals surface area contributed by atoms with Gasteiger partial charge < -0.3 is 10.8 Å². The van der Waals surface area contributed by atoms with Crippen molar-refractivity contribution >= 4 is 0 Å². The number of hydrogen-bond donors (Lipinski definition) is 2. The van der Waals surface area contributed by atoms with Crippen LogP contribution in [0.3, 0.4) is 0 Å². The highest BCUT2D eigenvalue weighted by molar-refractivity contribution is 4.69. The summed E-state index contributed by atoms with van der Waals surface area (Å²) >= 11 is 0. The molecule has 0 saturated carbocycles. The number of rotatable bonds is 4. The van der Waals surface area contributed by atoms with Gasteiger partial charge in [0.15, 0.2) is 0 Å². The molecule has 0 radical (unpaired) electrons. The normalized spacial score (nSPS) is 15.3. The second-order valence-electron chi connectivity index (χ2n) is 3.52. The largest absolute Gasteiger partial charge is 0.390 e. The standard InChI is InChI=1S/C8H19NO/c1-4-7(9)5-6-8(2,3)10/h7,10H,4-6,9H2,1-3H3. The van der Waals surface area contributed by atoms with E-state index < -0.39 is 5.60 Å². The van der Waals surface area contributed by atoms with E-state index in [1.807, 2.05) is 13.8 Å². The summed E-state index contributed by atoms with van der Waals surface area (Å²) in [6.07, 6.45) is 2.71. The van der Waals surface area contributed by atoms with E-state index in [0.29, 0.717) is 0 Å². The van der Waals surface area contributed by atoms with Gasteiger partial charge in [0, 0.05) is 6.04 Å². The van der Waals surface area contributed by atoms with Crippen LogP contribution in [-0.2, 0) is 0 Å². The molecule has 2 heteroatoms. The summed E-state index contributed by atoms with van der Waals surface area (Å²) in [6.45, 7) is 5.69. The summed E-state index contributed by atoms with van der Waals surface area (Å²) in [7, 11) is 0. The van der Waals surface area contributed by atoms with Gasteiger partial charge in [0.25, 0.3) is 0 Å². The predicted octanol–water partition coefficient (Wildman–Crippen LogP) is 1.27. The summed E-state index contributed by atoms with van der Waals surface area (Å²) < 4.78 is 0. The summed E-state index contributed by atoms with van der Waals surface area (Å²) in [5, 5.41) is 9.31. The monoisotopic (exact) mass is 145 g/mol. The molecule has 0 bridgehead atoms. The van der Waals surface area contributed by atoms with Gasteiger partial charge in [-0.05, 0) is 33.1 Å². The Morgan fingerprint density at radius 2 is 2.00 bits per heavy atom. The lowest BCUT2D eigenvalue weighted by atomic mass is 9.99. The van der Waals surface area contributed by atoms with Crippen molar-refractivity contribution in [3.05, 3.63) is 0 Å². The smallest absolute Gasteiger partial charge is 0.0592 e. The molecule has 0 aromatic heterocycles. The van der Waals surface area contributed by atoms with Crippen LogP contribution in [0.15, 0.2) is 0 Å². The first-order valence-electron chi connectivity index (χ1n) is 3.93. The molecule has 1 atom stereocenters. The Balaban J connectivity index is 3.36. The quantitative estimate of drug-likeness (QED) is 0.626. The third-order valence-corrected chi connectivity index (χ3v) is 1.65. The molecule has 0 aromatic rings. The fraction of sp³-hybridized carbons (Fsp3) is 1.00. The molecule has 0 heterocycles. The molecule has 3 N–H and O–H groups in total. The lowest BCUT2D eigenvalue weighted by molar-refractivity contribution is 0.0666. The van der Waals surface area contributed by atoms with Crippen molar-refractivity contribution in [1.82, 2.24) is 0 Å². The highest BCUT2D eigenvalue weighted by Gasteiger charge is 2.13. The van der Waals surface area contributed by atoms with E-state index in [-0.39, 0.29) is 6.04 Å². The maximum atomic E-state index is 9.31. The number of aliphatic hydroxyl groups is 1. The van der Waals surface area contributed by atoms with Gasteiger partial charge in [-0.25, -0.2) is 0 Å². The van der Waals surface area contributed by atoms with Gasteiger partial charge in [-0.1, -0.05) is 6.92 Å². The Bertz CT molecular complexity index is 85.7. The molecule has 0 aliphatic carbocycles. The predicted molar refractivity (Wildman–Crippen MR) is 43.8 cm³/mol. The van der Waals surface area contributed by atoms with E-state index in [2.05, 4.69) is 6.92 Å². The fourth-order valence-electron chi connectivity index (χ4n) is 0.743. The van der Waals surface area contributed by atoms with Crippen molar-refractivity contribution in [3.63, 3.8) is 0 Å². The topological polar surface area (TPSA) is 46.2 Å². The van der Waals surface area contributed by atoms with E-state index >= 15 is 0 Å². The maximum absolute atomic E-state index is 9.31. The Morgan fingerprint density at radius 3 is 2.30 bits per heavy atom. The van der Waals surface area contributed by atoms with Crippen LogP contribution in [0.4, 0.5) is 0 Å². The van der Waals surface area contributed by atoms with Gasteiger partial charge in [-0.15, -0.1) is 0 Å². The van der Waals surface area contributed by atoms with Gasteiger partial charge in [-0.3, -0.25) is 0 Å². The minimum absolute atomic E-state index is 0.256. The third kappa shape index (κ3) is 6.05. The van der Waals surface area contributed by atoms with Crippen LogP contribution in [0.2, 0.25) is 0 Å². The van der Waals surface area contributed by atoms with E-state index in [1.54, 1.807) is 0 Å². The molecule has 0 aliphatic heterocycles. The molecule has 0 rings (SSSR count). The molecule has 0 amide bonds. The van der Waals surface area contributed by atoms with Crippen molar-refractivity contribution < 1.29 is 5.11 Å². The Morgan fingerprint density at radius 1 is 1.50 bits per heavy atom. The minimum Gasteiger partial charge on any atom is -0.390 e. The Kier molecular flexibility index (Phi) is 3.91. The molecule has 0 fully saturated rings. The molecule has 0 aliphatic rings. The zero-order valence-corrected chi connectivity index (χ0v) is 7.22. The molecular formula is C8H19NO. The van der Waals surface area contributed by atoms with Crippen LogP contribution >= 0.6 is 0 Å². The third-order valence-electron chi connectivity index (χ3n) is 1.65. The second-order valence-corrected chi connectivity index (χ2v) is 3.52. The number of nitrogens with two attached hydrogens (primary N) is 1. The highest BCUT2D eigenvalue weighted by Crippen LogP contribution is 2.12. The first-order valence-corrected chi connectivity index (χ1v) is 3.93. The highest BCUT2D eigenvalue weighted by atomic mass is 16.3. The SMILES string of the molecule is CCC(N)CCC(C)(C)O. The van der Waals surface area contributed by atoms with Crippen LogP contribution in [0.1, 0.15) is 40.0 Å². The summed E-state index contributed by atoms with van der Waals surface area (Å²) in [5.74, 6) is 0. The molecule has 0 saturated heterocycles. The first-order chi connectivity index (χ1) is 4.45. The average molecular weight is 145 g/mol. The van der Waals surface area contributed by atoms with Crippen LogP contribution in [0.5, 0.6) is 0 Å². The zero-order chi connectivity index (χ0) is 8.20. The Labute approximate surface area is 63.4 Å².